The van der Waals surface area contributed by atoms with Crippen LogP contribution in [0.15, 0.2) is 23.1 Å². The molecule has 1 fully saturated rings. The Morgan fingerprint density at radius 3 is 2.71 bits per heavy atom. The van der Waals surface area contributed by atoms with Crippen LogP contribution in [0.1, 0.15) is 18.4 Å². The molecular formula is C11H14ClNO3S. The maximum atomic E-state index is 12.0. The summed E-state index contributed by atoms with van der Waals surface area (Å²) in [6, 6.07) is 4.48. The first kappa shape index (κ1) is 12.8. The Balaban J connectivity index is 2.23. The first-order valence-electron chi connectivity index (χ1n) is 5.42. The summed E-state index contributed by atoms with van der Waals surface area (Å²) in [6.45, 7) is 0.254. The lowest BCUT2D eigenvalue weighted by Crippen LogP contribution is -2.26. The van der Waals surface area contributed by atoms with E-state index in [0.29, 0.717) is 18.0 Å². The normalized spacial score (nSPS) is 16.1. The summed E-state index contributed by atoms with van der Waals surface area (Å²) in [5.41, 5.74) is 0.529. The van der Waals surface area contributed by atoms with E-state index < -0.39 is 10.0 Å². The summed E-state index contributed by atoms with van der Waals surface area (Å²) >= 11 is 5.87. The summed E-state index contributed by atoms with van der Waals surface area (Å²) in [7, 11) is -3.57. The number of sulfonamides is 1. The van der Waals surface area contributed by atoms with Gasteiger partial charge >= 0.3 is 0 Å². The second-order valence-corrected chi connectivity index (χ2v) is 6.36. The minimum Gasteiger partial charge on any atom is -0.392 e. The fourth-order valence-corrected chi connectivity index (χ4v) is 3.14. The molecule has 17 heavy (non-hydrogen) atoms. The Labute approximate surface area is 106 Å². The zero-order valence-corrected chi connectivity index (χ0v) is 10.8. The molecule has 0 spiro atoms. The number of hydrogen-bond donors (Lipinski definition) is 2. The second kappa shape index (κ2) is 4.94. The van der Waals surface area contributed by atoms with Crippen LogP contribution in [-0.2, 0) is 16.6 Å². The second-order valence-electron chi connectivity index (χ2n) is 4.22. The summed E-state index contributed by atoms with van der Waals surface area (Å²) in [4.78, 5) is 0.0337. The molecule has 0 atom stereocenters. The summed E-state index contributed by atoms with van der Waals surface area (Å²) in [6.07, 6.45) is 2.15. The van der Waals surface area contributed by atoms with Crippen LogP contribution in [0.25, 0.3) is 0 Å². The van der Waals surface area contributed by atoms with E-state index >= 15 is 0 Å². The third-order valence-electron chi connectivity index (χ3n) is 2.73. The molecule has 1 aliphatic carbocycles. The van der Waals surface area contributed by atoms with Crippen molar-refractivity contribution in [3.05, 3.63) is 28.8 Å². The first-order chi connectivity index (χ1) is 8.03. The lowest BCUT2D eigenvalue weighted by Gasteiger charge is -2.09. The summed E-state index contributed by atoms with van der Waals surface area (Å²) in [5.74, 6) is 0.463. The molecule has 0 radical (unpaired) electrons. The molecule has 0 aromatic heterocycles. The zero-order chi connectivity index (χ0) is 12.5. The van der Waals surface area contributed by atoms with Gasteiger partial charge in [0.2, 0.25) is 10.0 Å². The first-order valence-corrected chi connectivity index (χ1v) is 7.28. The molecule has 0 unspecified atom stereocenters. The maximum absolute atomic E-state index is 12.0. The Kier molecular flexibility index (Phi) is 3.73. The fraction of sp³-hybridized carbons (Fsp3) is 0.455. The van der Waals surface area contributed by atoms with Crippen LogP contribution in [0.2, 0.25) is 5.02 Å². The molecule has 0 bridgehead atoms. The van der Waals surface area contributed by atoms with E-state index in [1.165, 1.54) is 12.1 Å². The van der Waals surface area contributed by atoms with Crippen molar-refractivity contribution in [3.8, 4) is 0 Å². The van der Waals surface area contributed by atoms with Crippen LogP contribution >= 0.6 is 11.6 Å². The molecule has 1 aromatic rings. The van der Waals surface area contributed by atoms with Gasteiger partial charge in [-0.2, -0.15) is 0 Å². The van der Waals surface area contributed by atoms with E-state index in [1.54, 1.807) is 6.07 Å². The van der Waals surface area contributed by atoms with Gasteiger partial charge in [-0.15, -0.1) is 0 Å². The van der Waals surface area contributed by atoms with E-state index in [4.69, 9.17) is 16.7 Å². The average molecular weight is 276 g/mol. The van der Waals surface area contributed by atoms with E-state index in [2.05, 4.69) is 4.72 Å². The van der Waals surface area contributed by atoms with Gasteiger partial charge in [-0.05, 0) is 36.5 Å². The maximum Gasteiger partial charge on any atom is 0.242 e. The van der Waals surface area contributed by atoms with Crippen LogP contribution in [0.5, 0.6) is 0 Å². The van der Waals surface area contributed by atoms with Crippen LogP contribution < -0.4 is 4.72 Å². The number of aliphatic hydroxyl groups is 1. The fourth-order valence-electron chi connectivity index (χ4n) is 1.48. The molecule has 1 aromatic carbocycles. The van der Waals surface area contributed by atoms with Crippen molar-refractivity contribution in [2.45, 2.75) is 24.3 Å². The third-order valence-corrected chi connectivity index (χ3v) is 4.63. The third kappa shape index (κ3) is 3.19. The van der Waals surface area contributed by atoms with Gasteiger partial charge in [0.05, 0.1) is 11.6 Å². The van der Waals surface area contributed by atoms with Crippen LogP contribution in [0.3, 0.4) is 0 Å². The molecule has 0 saturated heterocycles. The standard InChI is InChI=1S/C11H14ClNO3S/c12-10-4-3-9(7-14)5-11(10)17(15,16)13-6-8-1-2-8/h3-5,8,13-14H,1-2,6-7H2. The largest absolute Gasteiger partial charge is 0.392 e. The highest BCUT2D eigenvalue weighted by molar-refractivity contribution is 7.89. The number of benzene rings is 1. The summed E-state index contributed by atoms with van der Waals surface area (Å²) < 4.78 is 26.5. The minimum absolute atomic E-state index is 0.0337. The predicted molar refractivity (Wildman–Crippen MR) is 65.3 cm³/mol. The van der Waals surface area contributed by atoms with Crippen molar-refractivity contribution >= 4 is 21.6 Å². The van der Waals surface area contributed by atoms with Gasteiger partial charge in [-0.25, -0.2) is 13.1 Å². The predicted octanol–water partition coefficient (Wildman–Crippen LogP) is 1.52. The van der Waals surface area contributed by atoms with Crippen molar-refractivity contribution in [2.24, 2.45) is 5.92 Å². The molecule has 4 nitrogen and oxygen atoms in total. The van der Waals surface area contributed by atoms with Gasteiger partial charge in [-0.3, -0.25) is 0 Å². The van der Waals surface area contributed by atoms with E-state index in [-0.39, 0.29) is 16.5 Å². The molecule has 94 valence electrons. The van der Waals surface area contributed by atoms with Crippen molar-refractivity contribution in [3.63, 3.8) is 0 Å². The lowest BCUT2D eigenvalue weighted by atomic mass is 10.2. The highest BCUT2D eigenvalue weighted by Crippen LogP contribution is 2.29. The molecule has 1 saturated carbocycles. The van der Waals surface area contributed by atoms with Gasteiger partial charge in [0, 0.05) is 6.54 Å². The molecule has 0 amide bonds. The highest BCUT2D eigenvalue weighted by Gasteiger charge is 2.25. The molecule has 0 heterocycles. The van der Waals surface area contributed by atoms with E-state index in [0.717, 1.165) is 12.8 Å². The van der Waals surface area contributed by atoms with Gasteiger partial charge in [0.15, 0.2) is 0 Å². The molecule has 1 aliphatic rings. The van der Waals surface area contributed by atoms with Gasteiger partial charge < -0.3 is 5.11 Å². The lowest BCUT2D eigenvalue weighted by molar-refractivity contribution is 0.281. The molecule has 2 N–H and O–H groups in total. The van der Waals surface area contributed by atoms with Crippen molar-refractivity contribution in [2.75, 3.05) is 6.54 Å². The van der Waals surface area contributed by atoms with Crippen molar-refractivity contribution in [1.29, 1.82) is 0 Å². The van der Waals surface area contributed by atoms with Crippen molar-refractivity contribution < 1.29 is 13.5 Å². The Bertz CT molecular complexity index is 511. The highest BCUT2D eigenvalue weighted by atomic mass is 35.5. The van der Waals surface area contributed by atoms with Crippen LogP contribution in [0, 0.1) is 5.92 Å². The number of rotatable bonds is 5. The number of aliphatic hydroxyl groups excluding tert-OH is 1. The minimum atomic E-state index is -3.57. The van der Waals surface area contributed by atoms with Crippen LogP contribution in [0.4, 0.5) is 0 Å². The quantitative estimate of drug-likeness (QED) is 0.856. The van der Waals surface area contributed by atoms with Gasteiger partial charge in [-0.1, -0.05) is 17.7 Å². The number of hydrogen-bond acceptors (Lipinski definition) is 3. The molecule has 0 aliphatic heterocycles. The number of halogens is 1. The zero-order valence-electron chi connectivity index (χ0n) is 9.19. The molecular weight excluding hydrogens is 262 g/mol. The Morgan fingerprint density at radius 2 is 2.12 bits per heavy atom. The van der Waals surface area contributed by atoms with Crippen molar-refractivity contribution in [1.82, 2.24) is 4.72 Å². The topological polar surface area (TPSA) is 66.4 Å². The smallest absolute Gasteiger partial charge is 0.242 e. The average Bonchev–Trinajstić information content (AvgIpc) is 3.11. The molecule has 2 rings (SSSR count). The van der Waals surface area contributed by atoms with Gasteiger partial charge in [0.1, 0.15) is 4.90 Å². The van der Waals surface area contributed by atoms with E-state index in [1.807, 2.05) is 0 Å². The number of nitrogens with one attached hydrogen (secondary N) is 1. The monoisotopic (exact) mass is 275 g/mol. The Hall–Kier alpha value is -0.620. The Morgan fingerprint density at radius 1 is 1.41 bits per heavy atom. The van der Waals surface area contributed by atoms with E-state index in [9.17, 15) is 8.42 Å². The van der Waals surface area contributed by atoms with Gasteiger partial charge in [0.25, 0.3) is 0 Å². The van der Waals surface area contributed by atoms with Crippen LogP contribution in [-0.4, -0.2) is 20.1 Å². The molecule has 6 heteroatoms. The summed E-state index contributed by atoms with van der Waals surface area (Å²) in [5, 5.41) is 9.16. The SMILES string of the molecule is O=S(=O)(NCC1CC1)c1cc(CO)ccc1Cl.